The van der Waals surface area contributed by atoms with E-state index in [4.69, 9.17) is 0 Å². The van der Waals surface area contributed by atoms with Crippen LogP contribution < -0.4 is 0 Å². The molecule has 5 atom stereocenters. The second-order valence-electron chi connectivity index (χ2n) is 7.89. The van der Waals surface area contributed by atoms with Crippen molar-refractivity contribution in [1.29, 1.82) is 0 Å². The minimum atomic E-state index is -0.760. The lowest BCUT2D eigenvalue weighted by atomic mass is 9.51. The minimum absolute atomic E-state index is 0.136. The third-order valence-electron chi connectivity index (χ3n) is 7.15. The number of rotatable bonds is 0. The molecule has 0 unspecified atom stereocenters. The van der Waals surface area contributed by atoms with Crippen LogP contribution in [0, 0.1) is 23.2 Å². The maximum absolute atomic E-state index is 12.3. The molecule has 0 amide bonds. The van der Waals surface area contributed by atoms with E-state index in [1.165, 1.54) is 0 Å². The van der Waals surface area contributed by atoms with Crippen LogP contribution in [-0.4, -0.2) is 22.3 Å². The molecule has 3 heteroatoms. The summed E-state index contributed by atoms with van der Waals surface area (Å²) in [5, 5.41) is 11.3. The molecule has 0 aromatic carbocycles. The van der Waals surface area contributed by atoms with Crippen LogP contribution in [0.4, 0.5) is 0 Å². The number of hydrogen-bond donors (Lipinski definition) is 1. The van der Waals surface area contributed by atoms with Crippen LogP contribution >= 0.6 is 0 Å². The molecule has 0 aromatic heterocycles. The van der Waals surface area contributed by atoms with E-state index >= 15 is 0 Å². The molecule has 0 aliphatic heterocycles. The Balaban J connectivity index is 1.70. The Kier molecular flexibility index (Phi) is 2.79. The van der Waals surface area contributed by atoms with Crippen molar-refractivity contribution in [3.63, 3.8) is 0 Å². The molecule has 21 heavy (non-hydrogen) atoms. The van der Waals surface area contributed by atoms with Crippen molar-refractivity contribution in [2.45, 2.75) is 63.9 Å². The summed E-state index contributed by atoms with van der Waals surface area (Å²) in [6.45, 7) is 2.16. The topological polar surface area (TPSA) is 54.4 Å². The van der Waals surface area contributed by atoms with Gasteiger partial charge in [0, 0.05) is 18.3 Å². The summed E-state index contributed by atoms with van der Waals surface area (Å²) < 4.78 is 0. The molecule has 4 rings (SSSR count). The Hall–Kier alpha value is -0.960. The largest absolute Gasteiger partial charge is 0.385 e. The van der Waals surface area contributed by atoms with Crippen LogP contribution in [0.5, 0.6) is 0 Å². The van der Waals surface area contributed by atoms with Crippen LogP contribution in [0.3, 0.4) is 0 Å². The molecular formula is C18H24O3. The van der Waals surface area contributed by atoms with E-state index in [0.717, 1.165) is 44.1 Å². The minimum Gasteiger partial charge on any atom is -0.385 e. The molecule has 0 aromatic rings. The highest BCUT2D eigenvalue weighted by molar-refractivity contribution is 5.92. The lowest BCUT2D eigenvalue weighted by Gasteiger charge is -2.55. The number of fused-ring (bicyclic) bond motifs is 5. The number of aliphatic hydroxyl groups is 1. The van der Waals surface area contributed by atoms with E-state index in [1.54, 1.807) is 6.08 Å². The summed E-state index contributed by atoms with van der Waals surface area (Å²) in [4.78, 5) is 24.0. The number of carbonyl (C=O) groups is 2. The molecule has 3 fully saturated rings. The molecule has 3 nitrogen and oxygen atoms in total. The van der Waals surface area contributed by atoms with Crippen molar-refractivity contribution in [3.8, 4) is 0 Å². The van der Waals surface area contributed by atoms with E-state index < -0.39 is 5.60 Å². The van der Waals surface area contributed by atoms with Crippen molar-refractivity contribution >= 4 is 11.6 Å². The summed E-state index contributed by atoms with van der Waals surface area (Å²) >= 11 is 0. The van der Waals surface area contributed by atoms with E-state index in [1.807, 2.05) is 0 Å². The first-order valence-corrected chi connectivity index (χ1v) is 8.45. The Morgan fingerprint density at radius 3 is 2.67 bits per heavy atom. The van der Waals surface area contributed by atoms with Gasteiger partial charge in [-0.3, -0.25) is 9.59 Å². The third kappa shape index (κ3) is 1.70. The van der Waals surface area contributed by atoms with Gasteiger partial charge in [-0.2, -0.15) is 0 Å². The van der Waals surface area contributed by atoms with Crippen molar-refractivity contribution in [2.24, 2.45) is 23.2 Å². The van der Waals surface area contributed by atoms with Crippen LogP contribution in [-0.2, 0) is 9.59 Å². The van der Waals surface area contributed by atoms with Crippen LogP contribution in [0.1, 0.15) is 58.3 Å². The fourth-order valence-electron chi connectivity index (χ4n) is 5.95. The van der Waals surface area contributed by atoms with Gasteiger partial charge in [0.05, 0.1) is 5.60 Å². The van der Waals surface area contributed by atoms with Crippen molar-refractivity contribution in [2.75, 3.05) is 0 Å². The van der Waals surface area contributed by atoms with Crippen molar-refractivity contribution < 1.29 is 14.7 Å². The first-order chi connectivity index (χ1) is 9.95. The molecule has 0 spiro atoms. The molecule has 0 heterocycles. The average Bonchev–Trinajstić information content (AvgIpc) is 2.76. The van der Waals surface area contributed by atoms with Gasteiger partial charge in [-0.1, -0.05) is 6.92 Å². The highest BCUT2D eigenvalue weighted by Gasteiger charge is 2.59. The van der Waals surface area contributed by atoms with Crippen molar-refractivity contribution in [3.05, 3.63) is 11.6 Å². The Morgan fingerprint density at radius 2 is 1.86 bits per heavy atom. The average molecular weight is 288 g/mol. The second-order valence-corrected chi connectivity index (χ2v) is 7.89. The fourth-order valence-corrected chi connectivity index (χ4v) is 5.95. The van der Waals surface area contributed by atoms with E-state index in [2.05, 4.69) is 6.92 Å². The lowest BCUT2D eigenvalue weighted by molar-refractivity contribution is -0.138. The first-order valence-electron chi connectivity index (χ1n) is 8.45. The normalized spacial score (nSPS) is 49.2. The van der Waals surface area contributed by atoms with E-state index in [0.29, 0.717) is 30.5 Å². The SMILES string of the molecule is C[C@]12CC[C@@H]3[C@H](CCC4=CC(=O)CC[C@@]43O)[C@@H]1CCC2=O. The standard InChI is InChI=1S/C18H24O3/c1-17-8-7-15-13(14(17)4-5-16(17)20)3-2-11-10-12(19)6-9-18(11,15)21/h10,13-15,21H,2-9H2,1H3/t13-,14+,15-,17+,18-/m1/s1. The Bertz CT molecular complexity index is 549. The van der Waals surface area contributed by atoms with Crippen LogP contribution in [0.15, 0.2) is 11.6 Å². The number of ketones is 2. The molecule has 4 aliphatic carbocycles. The predicted octanol–water partition coefficient (Wildman–Crippen LogP) is 2.81. The zero-order valence-corrected chi connectivity index (χ0v) is 12.7. The van der Waals surface area contributed by atoms with Gasteiger partial charge >= 0.3 is 0 Å². The summed E-state index contributed by atoms with van der Waals surface area (Å²) in [7, 11) is 0. The van der Waals surface area contributed by atoms with Gasteiger partial charge < -0.3 is 5.11 Å². The molecule has 0 bridgehead atoms. The molecule has 4 aliphatic rings. The van der Waals surface area contributed by atoms with Gasteiger partial charge in [0.25, 0.3) is 0 Å². The van der Waals surface area contributed by atoms with Crippen molar-refractivity contribution in [1.82, 2.24) is 0 Å². The number of carbonyl (C=O) groups excluding carboxylic acids is 2. The van der Waals surface area contributed by atoms with E-state index in [9.17, 15) is 14.7 Å². The first kappa shape index (κ1) is 13.7. The summed E-state index contributed by atoms with van der Waals surface area (Å²) in [6, 6.07) is 0. The van der Waals surface area contributed by atoms with Gasteiger partial charge in [0.1, 0.15) is 5.78 Å². The summed E-state index contributed by atoms with van der Waals surface area (Å²) in [6.07, 6.45) is 8.25. The molecule has 1 N–H and O–H groups in total. The fraction of sp³-hybridized carbons (Fsp3) is 0.778. The maximum Gasteiger partial charge on any atom is 0.155 e. The van der Waals surface area contributed by atoms with Gasteiger partial charge in [-0.15, -0.1) is 0 Å². The molecule has 0 radical (unpaired) electrons. The summed E-state index contributed by atoms with van der Waals surface area (Å²) in [5.74, 6) is 1.79. The van der Waals surface area contributed by atoms with Gasteiger partial charge in [-0.25, -0.2) is 0 Å². The lowest BCUT2D eigenvalue weighted by Crippen LogP contribution is -2.55. The number of Topliss-reactive ketones (excluding diaryl/α,β-unsaturated/α-hetero) is 1. The van der Waals surface area contributed by atoms with E-state index in [-0.39, 0.29) is 17.1 Å². The summed E-state index contributed by atoms with van der Waals surface area (Å²) in [5.41, 5.74) is 0.0838. The molecule has 3 saturated carbocycles. The molecule has 114 valence electrons. The van der Waals surface area contributed by atoms with Crippen LogP contribution in [0.2, 0.25) is 0 Å². The molecular weight excluding hydrogens is 264 g/mol. The maximum atomic E-state index is 12.3. The third-order valence-corrected chi connectivity index (χ3v) is 7.15. The van der Waals surface area contributed by atoms with Crippen LogP contribution in [0.25, 0.3) is 0 Å². The Morgan fingerprint density at radius 1 is 1.05 bits per heavy atom. The smallest absolute Gasteiger partial charge is 0.155 e. The van der Waals surface area contributed by atoms with Gasteiger partial charge in [-0.05, 0) is 67.9 Å². The number of hydrogen-bond acceptors (Lipinski definition) is 3. The Labute approximate surface area is 125 Å². The van der Waals surface area contributed by atoms with Gasteiger partial charge in [0.15, 0.2) is 5.78 Å². The quantitative estimate of drug-likeness (QED) is 0.745. The zero-order valence-electron chi connectivity index (χ0n) is 12.7. The predicted molar refractivity (Wildman–Crippen MR) is 78.6 cm³/mol. The highest BCUT2D eigenvalue weighted by Crippen LogP contribution is 2.61. The highest BCUT2D eigenvalue weighted by atomic mass is 16.3. The van der Waals surface area contributed by atoms with Gasteiger partial charge in [0.2, 0.25) is 0 Å². The zero-order chi connectivity index (χ0) is 14.8. The molecule has 0 saturated heterocycles. The monoisotopic (exact) mass is 288 g/mol. The second kappa shape index (κ2) is 4.28.